The van der Waals surface area contributed by atoms with Crippen LogP contribution in [0.3, 0.4) is 0 Å². The van der Waals surface area contributed by atoms with Crippen molar-refractivity contribution in [1.29, 1.82) is 0 Å². The number of piperidine rings is 1. The van der Waals surface area contributed by atoms with Gasteiger partial charge in [-0.1, -0.05) is 6.92 Å². The molecular weight excluding hydrogens is 316 g/mol. The molecule has 0 unspecified atom stereocenters. The standard InChI is InChI=1S/C20H28N2O3/c1-2-19(23)22-13-5-6-16(14-22)15-25-18-9-7-17(8-10-18)20(24)21-11-3-4-12-21/h7-10,16H,2-6,11-15H2,1H3/t16-/m0/s1. The summed E-state index contributed by atoms with van der Waals surface area (Å²) in [5.41, 5.74) is 0.728. The van der Waals surface area contributed by atoms with Gasteiger partial charge >= 0.3 is 0 Å². The SMILES string of the molecule is CCC(=O)N1CCC[C@H](COc2ccc(C(=O)N3CCCC3)cc2)C1. The maximum absolute atomic E-state index is 12.3. The summed E-state index contributed by atoms with van der Waals surface area (Å²) in [5.74, 6) is 1.52. The Kier molecular flexibility index (Phi) is 5.95. The van der Waals surface area contributed by atoms with Gasteiger partial charge in [0, 0.05) is 44.1 Å². The van der Waals surface area contributed by atoms with Crippen molar-refractivity contribution >= 4 is 11.8 Å². The molecule has 2 fully saturated rings. The Balaban J connectivity index is 1.50. The largest absolute Gasteiger partial charge is 0.493 e. The van der Waals surface area contributed by atoms with E-state index in [1.54, 1.807) is 0 Å². The summed E-state index contributed by atoms with van der Waals surface area (Å²) in [6, 6.07) is 7.45. The van der Waals surface area contributed by atoms with E-state index in [0.29, 0.717) is 18.9 Å². The molecule has 1 aromatic rings. The van der Waals surface area contributed by atoms with Crippen molar-refractivity contribution in [3.8, 4) is 5.75 Å². The number of carbonyl (C=O) groups is 2. The molecule has 136 valence electrons. The molecule has 2 amide bonds. The summed E-state index contributed by atoms with van der Waals surface area (Å²) in [7, 11) is 0. The van der Waals surface area contributed by atoms with Gasteiger partial charge in [-0.15, -0.1) is 0 Å². The number of nitrogens with zero attached hydrogens (tertiary/aromatic N) is 2. The molecule has 1 aromatic carbocycles. The Morgan fingerprint density at radius 2 is 1.72 bits per heavy atom. The Bertz CT molecular complexity index is 593. The average Bonchev–Trinajstić information content (AvgIpc) is 3.20. The molecule has 0 aromatic heterocycles. The first-order valence-electron chi connectivity index (χ1n) is 9.47. The first-order valence-corrected chi connectivity index (χ1v) is 9.47. The Morgan fingerprint density at radius 1 is 1.04 bits per heavy atom. The highest BCUT2D eigenvalue weighted by Crippen LogP contribution is 2.21. The molecule has 0 N–H and O–H groups in total. The summed E-state index contributed by atoms with van der Waals surface area (Å²) >= 11 is 0. The number of carbonyl (C=O) groups excluding carboxylic acids is 2. The van der Waals surface area contributed by atoms with E-state index in [4.69, 9.17) is 4.74 Å². The molecule has 0 spiro atoms. The van der Waals surface area contributed by atoms with Gasteiger partial charge in [0.1, 0.15) is 5.75 Å². The highest BCUT2D eigenvalue weighted by atomic mass is 16.5. The minimum absolute atomic E-state index is 0.116. The molecule has 2 aliphatic heterocycles. The zero-order chi connectivity index (χ0) is 17.6. The third kappa shape index (κ3) is 4.53. The quantitative estimate of drug-likeness (QED) is 0.825. The van der Waals surface area contributed by atoms with Crippen LogP contribution < -0.4 is 4.74 Å². The Hall–Kier alpha value is -2.04. The summed E-state index contributed by atoms with van der Waals surface area (Å²) in [6.45, 7) is 5.92. The van der Waals surface area contributed by atoms with Gasteiger partial charge in [-0.25, -0.2) is 0 Å². The minimum Gasteiger partial charge on any atom is -0.493 e. The highest BCUT2D eigenvalue weighted by molar-refractivity contribution is 5.94. The number of hydrogen-bond acceptors (Lipinski definition) is 3. The second kappa shape index (κ2) is 8.37. The number of likely N-dealkylation sites (tertiary alicyclic amines) is 2. The van der Waals surface area contributed by atoms with Crippen molar-refractivity contribution in [3.05, 3.63) is 29.8 Å². The number of rotatable bonds is 5. The van der Waals surface area contributed by atoms with Crippen LogP contribution in [0.25, 0.3) is 0 Å². The molecule has 2 aliphatic rings. The van der Waals surface area contributed by atoms with E-state index in [0.717, 1.165) is 63.2 Å². The van der Waals surface area contributed by atoms with Crippen LogP contribution in [0.4, 0.5) is 0 Å². The Morgan fingerprint density at radius 3 is 2.40 bits per heavy atom. The van der Waals surface area contributed by atoms with Crippen LogP contribution in [0.5, 0.6) is 5.75 Å². The third-order valence-electron chi connectivity index (χ3n) is 5.15. The average molecular weight is 344 g/mol. The van der Waals surface area contributed by atoms with E-state index in [-0.39, 0.29) is 11.8 Å². The fraction of sp³-hybridized carbons (Fsp3) is 0.600. The minimum atomic E-state index is 0.116. The zero-order valence-electron chi connectivity index (χ0n) is 15.1. The van der Waals surface area contributed by atoms with Crippen LogP contribution in [0.2, 0.25) is 0 Å². The van der Waals surface area contributed by atoms with Gasteiger partial charge in [0.05, 0.1) is 6.61 Å². The second-order valence-corrected chi connectivity index (χ2v) is 7.04. The van der Waals surface area contributed by atoms with Gasteiger partial charge in [0.2, 0.25) is 5.91 Å². The van der Waals surface area contributed by atoms with Crippen molar-refractivity contribution in [3.63, 3.8) is 0 Å². The molecule has 0 bridgehead atoms. The van der Waals surface area contributed by atoms with Gasteiger partial charge in [-0.05, 0) is 49.9 Å². The summed E-state index contributed by atoms with van der Waals surface area (Å²) in [5, 5.41) is 0. The van der Waals surface area contributed by atoms with Crippen molar-refractivity contribution in [2.75, 3.05) is 32.8 Å². The molecule has 0 saturated carbocycles. The van der Waals surface area contributed by atoms with E-state index in [1.165, 1.54) is 0 Å². The van der Waals surface area contributed by atoms with Crippen LogP contribution in [0.15, 0.2) is 24.3 Å². The first kappa shape index (κ1) is 17.8. The third-order valence-corrected chi connectivity index (χ3v) is 5.15. The van der Waals surface area contributed by atoms with Crippen molar-refractivity contribution in [1.82, 2.24) is 9.80 Å². The van der Waals surface area contributed by atoms with Gasteiger partial charge in [0.15, 0.2) is 0 Å². The summed E-state index contributed by atoms with van der Waals surface area (Å²) < 4.78 is 5.90. The molecule has 25 heavy (non-hydrogen) atoms. The number of ether oxygens (including phenoxy) is 1. The molecular formula is C20H28N2O3. The number of hydrogen-bond donors (Lipinski definition) is 0. The maximum atomic E-state index is 12.3. The molecule has 0 radical (unpaired) electrons. The van der Waals surface area contributed by atoms with Crippen molar-refractivity contribution in [2.24, 2.45) is 5.92 Å². The summed E-state index contributed by atoms with van der Waals surface area (Å²) in [4.78, 5) is 28.1. The van der Waals surface area contributed by atoms with E-state index >= 15 is 0 Å². The monoisotopic (exact) mass is 344 g/mol. The van der Waals surface area contributed by atoms with E-state index in [1.807, 2.05) is 41.0 Å². The van der Waals surface area contributed by atoms with Gasteiger partial charge in [0.25, 0.3) is 5.91 Å². The predicted octanol–water partition coefficient (Wildman–Crippen LogP) is 2.95. The van der Waals surface area contributed by atoms with Crippen molar-refractivity contribution < 1.29 is 14.3 Å². The molecule has 2 saturated heterocycles. The normalized spacial score (nSPS) is 20.6. The van der Waals surface area contributed by atoms with Crippen LogP contribution in [0, 0.1) is 5.92 Å². The number of benzene rings is 1. The van der Waals surface area contributed by atoms with Crippen LogP contribution in [-0.2, 0) is 4.79 Å². The van der Waals surface area contributed by atoms with Crippen LogP contribution >= 0.6 is 0 Å². The predicted molar refractivity (Wildman–Crippen MR) is 96.7 cm³/mol. The lowest BCUT2D eigenvalue weighted by molar-refractivity contribution is -0.132. The molecule has 3 rings (SSSR count). The lowest BCUT2D eigenvalue weighted by Gasteiger charge is -2.32. The van der Waals surface area contributed by atoms with Crippen molar-refractivity contribution in [2.45, 2.75) is 39.0 Å². The maximum Gasteiger partial charge on any atom is 0.253 e. The summed E-state index contributed by atoms with van der Waals surface area (Å²) in [6.07, 6.45) is 4.92. The molecule has 5 heteroatoms. The molecule has 1 atom stereocenters. The second-order valence-electron chi connectivity index (χ2n) is 7.04. The zero-order valence-corrected chi connectivity index (χ0v) is 15.1. The fourth-order valence-corrected chi connectivity index (χ4v) is 3.66. The fourth-order valence-electron chi connectivity index (χ4n) is 3.66. The molecule has 5 nitrogen and oxygen atoms in total. The van der Waals surface area contributed by atoms with E-state index in [2.05, 4.69) is 0 Å². The van der Waals surface area contributed by atoms with E-state index < -0.39 is 0 Å². The first-order chi connectivity index (χ1) is 12.2. The van der Waals surface area contributed by atoms with Crippen LogP contribution in [-0.4, -0.2) is 54.4 Å². The van der Waals surface area contributed by atoms with E-state index in [9.17, 15) is 9.59 Å². The highest BCUT2D eigenvalue weighted by Gasteiger charge is 2.23. The van der Waals surface area contributed by atoms with Gasteiger partial charge in [-0.3, -0.25) is 9.59 Å². The lowest BCUT2D eigenvalue weighted by Crippen LogP contribution is -2.41. The molecule has 2 heterocycles. The molecule has 0 aliphatic carbocycles. The van der Waals surface area contributed by atoms with Gasteiger partial charge < -0.3 is 14.5 Å². The number of amides is 2. The lowest BCUT2D eigenvalue weighted by atomic mass is 9.99. The smallest absolute Gasteiger partial charge is 0.253 e. The Labute approximate surface area is 149 Å². The van der Waals surface area contributed by atoms with Crippen LogP contribution in [0.1, 0.15) is 49.4 Å². The van der Waals surface area contributed by atoms with Gasteiger partial charge in [-0.2, -0.15) is 0 Å². The topological polar surface area (TPSA) is 49.9 Å².